The minimum absolute atomic E-state index is 0.180. The number of ether oxygens (including phenoxy) is 2. The molecule has 1 aliphatic rings. The van der Waals surface area contributed by atoms with Crippen molar-refractivity contribution in [1.82, 2.24) is 14.5 Å². The molecular formula is C16H15N3O4. The first-order valence-corrected chi connectivity index (χ1v) is 7.19. The smallest absolute Gasteiger partial charge is 0.200 e. The minimum atomic E-state index is -0.285. The predicted molar refractivity (Wildman–Crippen MR) is 82.7 cm³/mol. The second kappa shape index (κ2) is 5.13. The molecule has 0 bridgehead atoms. The number of methoxy groups -OCH3 is 1. The molecule has 0 amide bonds. The molecule has 0 atom stereocenters. The highest BCUT2D eigenvalue weighted by molar-refractivity contribution is 5.81. The number of aromatic hydroxyl groups is 2. The molecule has 0 radical (unpaired) electrons. The highest BCUT2D eigenvalue weighted by Gasteiger charge is 2.27. The zero-order valence-corrected chi connectivity index (χ0v) is 12.4. The van der Waals surface area contributed by atoms with Crippen LogP contribution in [0.1, 0.15) is 6.04 Å². The van der Waals surface area contributed by atoms with Crippen molar-refractivity contribution in [2.75, 3.05) is 20.3 Å². The van der Waals surface area contributed by atoms with Gasteiger partial charge in [0.1, 0.15) is 11.3 Å². The fraction of sp³-hybridized carbons (Fsp3) is 0.250. The summed E-state index contributed by atoms with van der Waals surface area (Å²) in [6.07, 6.45) is 3.42. The van der Waals surface area contributed by atoms with Crippen molar-refractivity contribution >= 4 is 11.0 Å². The van der Waals surface area contributed by atoms with Crippen molar-refractivity contribution in [3.05, 3.63) is 30.6 Å². The lowest BCUT2D eigenvalue weighted by atomic mass is 10.1. The summed E-state index contributed by atoms with van der Waals surface area (Å²) in [5.41, 5.74) is 2.37. The van der Waals surface area contributed by atoms with Gasteiger partial charge in [-0.05, 0) is 18.2 Å². The van der Waals surface area contributed by atoms with Crippen molar-refractivity contribution in [1.29, 1.82) is 0 Å². The van der Waals surface area contributed by atoms with E-state index in [9.17, 15) is 10.2 Å². The predicted octanol–water partition coefficient (Wildman–Crippen LogP) is 2.09. The molecule has 0 saturated carbocycles. The van der Waals surface area contributed by atoms with Crippen LogP contribution in [-0.4, -0.2) is 45.1 Å². The number of fused-ring (bicyclic) bond motifs is 1. The molecule has 1 fully saturated rings. The molecule has 1 saturated heterocycles. The number of rotatable bonds is 3. The molecule has 3 aromatic rings. The normalized spacial score (nSPS) is 14.8. The van der Waals surface area contributed by atoms with E-state index in [0.29, 0.717) is 24.6 Å². The average Bonchev–Trinajstić information content (AvgIpc) is 2.88. The van der Waals surface area contributed by atoms with Crippen LogP contribution in [0.5, 0.6) is 17.2 Å². The van der Waals surface area contributed by atoms with Gasteiger partial charge in [-0.15, -0.1) is 0 Å². The fourth-order valence-electron chi connectivity index (χ4n) is 2.77. The van der Waals surface area contributed by atoms with Crippen LogP contribution in [0.4, 0.5) is 0 Å². The van der Waals surface area contributed by atoms with Gasteiger partial charge in [-0.1, -0.05) is 0 Å². The van der Waals surface area contributed by atoms with Crippen molar-refractivity contribution in [2.24, 2.45) is 0 Å². The molecule has 0 spiro atoms. The fourth-order valence-corrected chi connectivity index (χ4v) is 2.77. The first kappa shape index (κ1) is 13.8. The van der Waals surface area contributed by atoms with E-state index in [0.717, 1.165) is 11.0 Å². The molecule has 1 aromatic carbocycles. The van der Waals surface area contributed by atoms with E-state index in [1.54, 1.807) is 18.5 Å². The lowest BCUT2D eigenvalue weighted by Gasteiger charge is -2.29. The van der Waals surface area contributed by atoms with Crippen molar-refractivity contribution in [3.8, 4) is 28.6 Å². The number of hydrogen-bond acceptors (Lipinski definition) is 6. The highest BCUT2D eigenvalue weighted by Crippen LogP contribution is 2.41. The zero-order valence-electron chi connectivity index (χ0n) is 12.4. The quantitative estimate of drug-likeness (QED) is 0.720. The van der Waals surface area contributed by atoms with Gasteiger partial charge in [-0.25, -0.2) is 4.98 Å². The standard InChI is InChI=1S/C16H15N3O4/c1-22-14-5-9(4-13(20)15(14)21)16-18-11-6-17-3-2-12(11)19(16)10-7-23-8-10/h2-6,10,20-21H,7-8H2,1H3. The van der Waals surface area contributed by atoms with Crippen LogP contribution in [0.2, 0.25) is 0 Å². The second-order valence-corrected chi connectivity index (χ2v) is 5.41. The van der Waals surface area contributed by atoms with Gasteiger partial charge in [0.05, 0.1) is 38.1 Å². The second-order valence-electron chi connectivity index (χ2n) is 5.41. The van der Waals surface area contributed by atoms with E-state index in [4.69, 9.17) is 9.47 Å². The van der Waals surface area contributed by atoms with E-state index in [1.165, 1.54) is 13.2 Å². The number of phenolic OH excluding ortho intramolecular Hbond substituents is 2. The van der Waals surface area contributed by atoms with E-state index in [-0.39, 0.29) is 23.3 Å². The van der Waals surface area contributed by atoms with Crippen LogP contribution in [0, 0.1) is 0 Å². The van der Waals surface area contributed by atoms with Gasteiger partial charge in [0.2, 0.25) is 5.75 Å². The van der Waals surface area contributed by atoms with Crippen molar-refractivity contribution in [2.45, 2.75) is 6.04 Å². The summed E-state index contributed by atoms with van der Waals surface area (Å²) in [6, 6.07) is 5.21. The van der Waals surface area contributed by atoms with Crippen molar-refractivity contribution in [3.63, 3.8) is 0 Å². The maximum atomic E-state index is 9.94. The van der Waals surface area contributed by atoms with Crippen LogP contribution < -0.4 is 4.74 Å². The number of nitrogens with zero attached hydrogens (tertiary/aromatic N) is 3. The van der Waals surface area contributed by atoms with Crippen LogP contribution in [-0.2, 0) is 4.74 Å². The maximum Gasteiger partial charge on any atom is 0.200 e. The summed E-state index contributed by atoms with van der Waals surface area (Å²) in [4.78, 5) is 8.74. The Morgan fingerprint density at radius 3 is 2.83 bits per heavy atom. The first-order chi connectivity index (χ1) is 11.2. The monoisotopic (exact) mass is 313 g/mol. The Morgan fingerprint density at radius 1 is 1.30 bits per heavy atom. The van der Waals surface area contributed by atoms with E-state index >= 15 is 0 Å². The third-order valence-corrected chi connectivity index (χ3v) is 4.01. The largest absolute Gasteiger partial charge is 0.504 e. The lowest BCUT2D eigenvalue weighted by molar-refractivity contribution is -0.0209. The topological polar surface area (TPSA) is 89.6 Å². The molecular weight excluding hydrogens is 298 g/mol. The Kier molecular flexibility index (Phi) is 3.09. The van der Waals surface area contributed by atoms with Gasteiger partial charge in [-0.2, -0.15) is 0 Å². The van der Waals surface area contributed by atoms with Gasteiger partial charge < -0.3 is 24.3 Å². The molecule has 2 aromatic heterocycles. The SMILES string of the molecule is COc1cc(-c2nc3cnccc3n2C2COC2)cc(O)c1O. The van der Waals surface area contributed by atoms with Crippen LogP contribution in [0.15, 0.2) is 30.6 Å². The summed E-state index contributed by atoms with van der Waals surface area (Å²) in [7, 11) is 1.44. The maximum absolute atomic E-state index is 9.94. The Balaban J connectivity index is 1.96. The van der Waals surface area contributed by atoms with E-state index < -0.39 is 0 Å². The number of aromatic nitrogens is 3. The molecule has 1 aliphatic heterocycles. The number of benzene rings is 1. The molecule has 7 nitrogen and oxygen atoms in total. The number of pyridine rings is 1. The summed E-state index contributed by atoms with van der Waals surface area (Å²) < 4.78 is 12.5. The number of phenols is 2. The Morgan fingerprint density at radius 2 is 2.13 bits per heavy atom. The molecule has 2 N–H and O–H groups in total. The Bertz CT molecular complexity index is 886. The third-order valence-electron chi connectivity index (χ3n) is 4.01. The summed E-state index contributed by atoms with van der Waals surface area (Å²) in [6.45, 7) is 1.23. The van der Waals surface area contributed by atoms with Gasteiger partial charge >= 0.3 is 0 Å². The number of hydrogen-bond donors (Lipinski definition) is 2. The first-order valence-electron chi connectivity index (χ1n) is 7.19. The van der Waals surface area contributed by atoms with E-state index in [1.807, 2.05) is 6.07 Å². The molecule has 3 heterocycles. The summed E-state index contributed by atoms with van der Waals surface area (Å²) in [5, 5.41) is 19.8. The summed E-state index contributed by atoms with van der Waals surface area (Å²) >= 11 is 0. The van der Waals surface area contributed by atoms with Crippen molar-refractivity contribution < 1.29 is 19.7 Å². The molecule has 7 heteroatoms. The minimum Gasteiger partial charge on any atom is -0.504 e. The average molecular weight is 313 g/mol. The highest BCUT2D eigenvalue weighted by atomic mass is 16.5. The molecule has 0 unspecified atom stereocenters. The third kappa shape index (κ3) is 2.08. The van der Waals surface area contributed by atoms with Gasteiger partial charge in [0.25, 0.3) is 0 Å². The molecule has 118 valence electrons. The van der Waals surface area contributed by atoms with Gasteiger partial charge in [0, 0.05) is 11.8 Å². The summed E-state index contributed by atoms with van der Waals surface area (Å²) in [5.74, 6) is 0.338. The van der Waals surface area contributed by atoms with Crippen LogP contribution >= 0.6 is 0 Å². The van der Waals surface area contributed by atoms with Gasteiger partial charge in [-0.3, -0.25) is 4.98 Å². The van der Waals surface area contributed by atoms with E-state index in [2.05, 4.69) is 14.5 Å². The Hall–Kier alpha value is -2.80. The number of imidazole rings is 1. The van der Waals surface area contributed by atoms with Crippen LogP contribution in [0.3, 0.4) is 0 Å². The molecule has 0 aliphatic carbocycles. The molecule has 23 heavy (non-hydrogen) atoms. The lowest BCUT2D eigenvalue weighted by Crippen LogP contribution is -2.31. The Labute approximate surface area is 131 Å². The molecule has 4 rings (SSSR count). The van der Waals surface area contributed by atoms with Gasteiger partial charge in [0.15, 0.2) is 11.5 Å². The van der Waals surface area contributed by atoms with Crippen LogP contribution in [0.25, 0.3) is 22.4 Å². The zero-order chi connectivity index (χ0) is 16.0.